The first-order valence-electron chi connectivity index (χ1n) is 4.03. The molecule has 76 valence electrons. The largest absolute Gasteiger partial charge is 0.296 e. The zero-order valence-corrected chi connectivity index (χ0v) is 7.39. The molecule has 0 aliphatic rings. The molecule has 2 rings (SSSR count). The Hall–Kier alpha value is -2.11. The lowest BCUT2D eigenvalue weighted by atomic mass is 10.3. The van der Waals surface area contributed by atoms with Crippen molar-refractivity contribution >= 4 is 6.29 Å². The predicted octanol–water partition coefficient (Wildman–Crippen LogP) is 1.36. The summed E-state index contributed by atoms with van der Waals surface area (Å²) >= 11 is 0. The van der Waals surface area contributed by atoms with E-state index in [0.717, 1.165) is 16.8 Å². The van der Waals surface area contributed by atoms with Gasteiger partial charge in [0.25, 0.3) is 0 Å². The minimum atomic E-state index is -0.766. The predicted molar refractivity (Wildman–Crippen MR) is 46.7 cm³/mol. The summed E-state index contributed by atoms with van der Waals surface area (Å²) in [6.45, 7) is 0. The lowest BCUT2D eigenvalue weighted by molar-refractivity contribution is 0.111. The van der Waals surface area contributed by atoms with Gasteiger partial charge in [0.1, 0.15) is 17.2 Å². The second-order valence-corrected chi connectivity index (χ2v) is 2.80. The van der Waals surface area contributed by atoms with Gasteiger partial charge in [-0.1, -0.05) is 5.21 Å². The van der Waals surface area contributed by atoms with E-state index >= 15 is 0 Å². The minimum Gasteiger partial charge on any atom is -0.296 e. The Bertz CT molecular complexity index is 510. The number of carbonyl (C=O) groups is 1. The standard InChI is InChI=1S/C9H5F2N3O/c10-6-1-2-9(8(11)3-6)14-4-7(5-15)12-13-14/h1-5H. The van der Waals surface area contributed by atoms with Crippen molar-refractivity contribution in [3.8, 4) is 5.69 Å². The van der Waals surface area contributed by atoms with Crippen LogP contribution in [0.3, 0.4) is 0 Å². The van der Waals surface area contributed by atoms with Crippen LogP contribution in [0.5, 0.6) is 0 Å². The molecule has 0 fully saturated rings. The number of aldehydes is 1. The summed E-state index contributed by atoms with van der Waals surface area (Å²) in [4.78, 5) is 10.3. The lowest BCUT2D eigenvalue weighted by Crippen LogP contribution is -1.98. The van der Waals surface area contributed by atoms with Gasteiger partial charge in [-0.15, -0.1) is 5.10 Å². The van der Waals surface area contributed by atoms with Crippen LogP contribution in [-0.2, 0) is 0 Å². The first-order chi connectivity index (χ1) is 7.20. The Morgan fingerprint density at radius 3 is 2.73 bits per heavy atom. The van der Waals surface area contributed by atoms with Crippen LogP contribution in [0.1, 0.15) is 10.5 Å². The van der Waals surface area contributed by atoms with E-state index in [1.807, 2.05) is 0 Å². The van der Waals surface area contributed by atoms with E-state index in [0.29, 0.717) is 6.29 Å². The summed E-state index contributed by atoms with van der Waals surface area (Å²) in [7, 11) is 0. The van der Waals surface area contributed by atoms with Crippen LogP contribution in [0.4, 0.5) is 8.78 Å². The van der Waals surface area contributed by atoms with Gasteiger partial charge in [-0.2, -0.15) is 0 Å². The molecule has 0 saturated carbocycles. The van der Waals surface area contributed by atoms with Gasteiger partial charge in [0.15, 0.2) is 12.1 Å². The number of carbonyl (C=O) groups excluding carboxylic acids is 1. The summed E-state index contributed by atoms with van der Waals surface area (Å²) in [5, 5.41) is 6.98. The topological polar surface area (TPSA) is 47.8 Å². The third-order valence-corrected chi connectivity index (χ3v) is 1.79. The fraction of sp³-hybridized carbons (Fsp3) is 0. The Balaban J connectivity index is 2.49. The van der Waals surface area contributed by atoms with E-state index in [-0.39, 0.29) is 11.4 Å². The highest BCUT2D eigenvalue weighted by molar-refractivity contribution is 5.70. The van der Waals surface area contributed by atoms with Gasteiger partial charge in [-0.3, -0.25) is 4.79 Å². The van der Waals surface area contributed by atoms with Crippen molar-refractivity contribution in [3.05, 3.63) is 41.7 Å². The van der Waals surface area contributed by atoms with Crippen LogP contribution in [0.15, 0.2) is 24.4 Å². The van der Waals surface area contributed by atoms with Crippen LogP contribution in [0, 0.1) is 11.6 Å². The van der Waals surface area contributed by atoms with Gasteiger partial charge in [0.2, 0.25) is 0 Å². The summed E-state index contributed by atoms with van der Waals surface area (Å²) < 4.78 is 26.9. The van der Waals surface area contributed by atoms with Gasteiger partial charge >= 0.3 is 0 Å². The molecule has 0 unspecified atom stereocenters. The van der Waals surface area contributed by atoms with Gasteiger partial charge in [-0.05, 0) is 12.1 Å². The maximum absolute atomic E-state index is 13.2. The third-order valence-electron chi connectivity index (χ3n) is 1.79. The van der Waals surface area contributed by atoms with Crippen LogP contribution < -0.4 is 0 Å². The van der Waals surface area contributed by atoms with Crippen molar-refractivity contribution in [1.29, 1.82) is 0 Å². The van der Waals surface area contributed by atoms with E-state index in [4.69, 9.17) is 0 Å². The molecule has 0 radical (unpaired) electrons. The Labute approximate surface area is 83.1 Å². The molecule has 2 aromatic rings. The Morgan fingerprint density at radius 1 is 1.33 bits per heavy atom. The number of hydrogen-bond donors (Lipinski definition) is 0. The maximum Gasteiger partial charge on any atom is 0.171 e. The molecule has 4 nitrogen and oxygen atoms in total. The number of hydrogen-bond acceptors (Lipinski definition) is 3. The highest BCUT2D eigenvalue weighted by Gasteiger charge is 2.07. The van der Waals surface area contributed by atoms with Gasteiger partial charge < -0.3 is 0 Å². The molecule has 6 heteroatoms. The lowest BCUT2D eigenvalue weighted by Gasteiger charge is -2.00. The van der Waals surface area contributed by atoms with E-state index < -0.39 is 11.6 Å². The third kappa shape index (κ3) is 1.74. The van der Waals surface area contributed by atoms with Crippen LogP contribution >= 0.6 is 0 Å². The quantitative estimate of drug-likeness (QED) is 0.701. The molecule has 0 aliphatic heterocycles. The molecule has 1 aromatic carbocycles. The first-order valence-corrected chi connectivity index (χ1v) is 4.03. The molecule has 1 heterocycles. The fourth-order valence-corrected chi connectivity index (χ4v) is 1.12. The van der Waals surface area contributed by atoms with Gasteiger partial charge in [-0.25, -0.2) is 13.5 Å². The molecule has 0 bridgehead atoms. The van der Waals surface area contributed by atoms with Crippen LogP contribution in [-0.4, -0.2) is 21.3 Å². The smallest absolute Gasteiger partial charge is 0.171 e. The average molecular weight is 209 g/mol. The van der Waals surface area contributed by atoms with Crippen molar-refractivity contribution in [3.63, 3.8) is 0 Å². The summed E-state index contributed by atoms with van der Waals surface area (Å²) in [6, 6.07) is 3.05. The van der Waals surface area contributed by atoms with Crippen molar-refractivity contribution in [2.24, 2.45) is 0 Å². The SMILES string of the molecule is O=Cc1cn(-c2ccc(F)cc2F)nn1. The highest BCUT2D eigenvalue weighted by atomic mass is 19.1. The fourth-order valence-electron chi connectivity index (χ4n) is 1.12. The monoisotopic (exact) mass is 209 g/mol. The first kappa shape index (κ1) is 9.45. The maximum atomic E-state index is 13.2. The van der Waals surface area contributed by atoms with Crippen molar-refractivity contribution in [1.82, 2.24) is 15.0 Å². The Morgan fingerprint density at radius 2 is 2.13 bits per heavy atom. The highest BCUT2D eigenvalue weighted by Crippen LogP contribution is 2.13. The van der Waals surface area contributed by atoms with E-state index in [9.17, 15) is 13.6 Å². The van der Waals surface area contributed by atoms with Crippen LogP contribution in [0.25, 0.3) is 5.69 Å². The molecule has 0 saturated heterocycles. The molecule has 15 heavy (non-hydrogen) atoms. The second kappa shape index (κ2) is 3.56. The Kier molecular flexibility index (Phi) is 2.24. The number of benzene rings is 1. The van der Waals surface area contributed by atoms with Gasteiger partial charge in [0, 0.05) is 6.07 Å². The molecular weight excluding hydrogens is 204 g/mol. The van der Waals surface area contributed by atoms with Crippen LogP contribution in [0.2, 0.25) is 0 Å². The van der Waals surface area contributed by atoms with Crippen molar-refractivity contribution < 1.29 is 13.6 Å². The van der Waals surface area contributed by atoms with Gasteiger partial charge in [0.05, 0.1) is 6.20 Å². The van der Waals surface area contributed by atoms with Crippen molar-refractivity contribution in [2.75, 3.05) is 0 Å². The number of aromatic nitrogens is 3. The van der Waals surface area contributed by atoms with E-state index in [1.54, 1.807) is 0 Å². The molecule has 0 aliphatic carbocycles. The molecule has 0 spiro atoms. The molecule has 0 atom stereocenters. The number of rotatable bonds is 2. The average Bonchev–Trinajstić information content (AvgIpc) is 2.66. The van der Waals surface area contributed by atoms with Crippen molar-refractivity contribution in [2.45, 2.75) is 0 Å². The summed E-state index contributed by atoms with van der Waals surface area (Å²) in [5.74, 6) is -1.44. The second-order valence-electron chi connectivity index (χ2n) is 2.80. The number of halogens is 2. The molecule has 0 N–H and O–H groups in total. The molecule has 0 amide bonds. The molecule has 1 aromatic heterocycles. The minimum absolute atomic E-state index is 0.0389. The van der Waals surface area contributed by atoms with E-state index in [2.05, 4.69) is 10.3 Å². The van der Waals surface area contributed by atoms with E-state index in [1.165, 1.54) is 12.3 Å². The normalized spacial score (nSPS) is 10.3. The zero-order valence-electron chi connectivity index (χ0n) is 7.39. The summed E-state index contributed by atoms with van der Waals surface area (Å²) in [5.41, 5.74) is 0.121. The zero-order chi connectivity index (χ0) is 10.8. The summed E-state index contributed by atoms with van der Waals surface area (Å²) in [6.07, 6.45) is 1.74. The number of nitrogens with zero attached hydrogens (tertiary/aromatic N) is 3. The molecular formula is C9H5F2N3O.